The number of rotatable bonds is 6. The maximum absolute atomic E-state index is 6.57. The van der Waals surface area contributed by atoms with E-state index in [-0.39, 0.29) is 12.1 Å². The maximum atomic E-state index is 6.57. The average Bonchev–Trinajstić information content (AvgIpc) is 3.27. The Kier molecular flexibility index (Phi) is 5.69. The molecule has 4 rings (SSSR count). The van der Waals surface area contributed by atoms with E-state index in [1.165, 1.54) is 0 Å². The minimum atomic E-state index is -0.0722. The Morgan fingerprint density at radius 1 is 1.29 bits per heavy atom. The van der Waals surface area contributed by atoms with Crippen molar-refractivity contribution in [1.29, 1.82) is 0 Å². The molecule has 2 aliphatic heterocycles. The maximum Gasteiger partial charge on any atom is 0.179 e. The van der Waals surface area contributed by atoms with Crippen molar-refractivity contribution in [3.8, 4) is 11.5 Å². The van der Waals surface area contributed by atoms with E-state index in [4.69, 9.17) is 26.1 Å². The molecule has 0 unspecified atom stereocenters. The van der Waals surface area contributed by atoms with Crippen molar-refractivity contribution in [2.75, 3.05) is 19.5 Å². The summed E-state index contributed by atoms with van der Waals surface area (Å²) >= 11 is 8.40. The van der Waals surface area contributed by atoms with Crippen molar-refractivity contribution in [3.63, 3.8) is 0 Å². The first-order valence-corrected chi connectivity index (χ1v) is 10.9. The van der Waals surface area contributed by atoms with Crippen molar-refractivity contribution in [3.05, 3.63) is 52.8 Å². The van der Waals surface area contributed by atoms with E-state index in [2.05, 4.69) is 16.8 Å². The molecule has 0 spiro atoms. The monoisotopic (exact) mass is 417 g/mol. The van der Waals surface area contributed by atoms with Gasteiger partial charge in [0.05, 0.1) is 30.5 Å². The van der Waals surface area contributed by atoms with E-state index in [0.717, 1.165) is 28.6 Å². The molecule has 1 aromatic heterocycles. The summed E-state index contributed by atoms with van der Waals surface area (Å²) < 4.78 is 11.3. The van der Waals surface area contributed by atoms with E-state index in [1.807, 2.05) is 55.2 Å². The number of thioether (sulfide) groups is 1. The average molecular weight is 418 g/mol. The number of nitrogens with zero attached hydrogens (tertiary/aromatic N) is 3. The van der Waals surface area contributed by atoms with Crippen LogP contribution >= 0.6 is 23.4 Å². The zero-order valence-corrected chi connectivity index (χ0v) is 17.8. The lowest BCUT2D eigenvalue weighted by atomic mass is 9.95. The molecule has 148 valence electrons. The molecule has 7 heteroatoms. The summed E-state index contributed by atoms with van der Waals surface area (Å²) in [5.74, 6) is 2.30. The van der Waals surface area contributed by atoms with E-state index in [0.29, 0.717) is 29.2 Å². The Hall–Kier alpha value is -1.92. The van der Waals surface area contributed by atoms with Gasteiger partial charge in [-0.25, -0.2) is 0 Å². The Bertz CT molecular complexity index is 877. The summed E-state index contributed by atoms with van der Waals surface area (Å²) in [6.07, 6.45) is 2.90. The fraction of sp³-hybridized carbons (Fsp3) is 0.429. The van der Waals surface area contributed by atoms with Crippen LogP contribution in [0.4, 0.5) is 0 Å². The summed E-state index contributed by atoms with van der Waals surface area (Å²) in [7, 11) is 1.61. The third-order valence-electron chi connectivity index (χ3n) is 5.21. The van der Waals surface area contributed by atoms with Gasteiger partial charge in [-0.2, -0.15) is 0 Å². The first-order valence-electron chi connectivity index (χ1n) is 9.58. The van der Waals surface area contributed by atoms with Gasteiger partial charge < -0.3 is 14.4 Å². The molecule has 0 bridgehead atoms. The molecule has 2 aromatic rings. The zero-order chi connectivity index (χ0) is 19.7. The van der Waals surface area contributed by atoms with Crippen molar-refractivity contribution in [1.82, 2.24) is 9.88 Å². The standard InChI is InChI=1S/C21H24ClN3O2S/c1-4-14-12-28-21-24-18(16-8-6-7-9-23-16)19(25(14)21)13-10-15(22)20(26-3)17(11-13)27-5-2/h6-11,14,18-19H,4-5,12H2,1-3H3/t14-,18-,19+/m0/s1. The SMILES string of the molecule is CCOc1cc([C@@H]2[C@H](c3ccccn3)N=C3SC[C@H](CC)N32)cc(Cl)c1OC. The van der Waals surface area contributed by atoms with Crippen LogP contribution in [0.3, 0.4) is 0 Å². The Morgan fingerprint density at radius 3 is 2.82 bits per heavy atom. The summed E-state index contributed by atoms with van der Waals surface area (Å²) in [6.45, 7) is 4.73. The highest BCUT2D eigenvalue weighted by molar-refractivity contribution is 8.14. The second-order valence-corrected chi connectivity index (χ2v) is 8.20. The molecule has 3 atom stereocenters. The highest BCUT2D eigenvalue weighted by atomic mass is 35.5. The molecule has 0 N–H and O–H groups in total. The number of methoxy groups -OCH3 is 1. The molecule has 5 nitrogen and oxygen atoms in total. The molecule has 1 aromatic carbocycles. The van der Waals surface area contributed by atoms with Gasteiger partial charge in [0.25, 0.3) is 0 Å². The molecule has 0 saturated carbocycles. The molecule has 28 heavy (non-hydrogen) atoms. The van der Waals surface area contributed by atoms with Gasteiger partial charge in [-0.15, -0.1) is 0 Å². The van der Waals surface area contributed by atoms with Gasteiger partial charge in [0.15, 0.2) is 16.7 Å². The zero-order valence-electron chi connectivity index (χ0n) is 16.3. The second kappa shape index (κ2) is 8.21. The van der Waals surface area contributed by atoms with Crippen LogP contribution in [0.25, 0.3) is 0 Å². The van der Waals surface area contributed by atoms with E-state index in [9.17, 15) is 0 Å². The third-order valence-corrected chi connectivity index (χ3v) is 6.61. The van der Waals surface area contributed by atoms with E-state index < -0.39 is 0 Å². The molecular formula is C21H24ClN3O2S. The number of benzene rings is 1. The van der Waals surface area contributed by atoms with Crippen LogP contribution in [0.1, 0.15) is 43.6 Å². The van der Waals surface area contributed by atoms with Gasteiger partial charge in [0, 0.05) is 18.0 Å². The fourth-order valence-electron chi connectivity index (χ4n) is 3.93. The van der Waals surface area contributed by atoms with Crippen molar-refractivity contribution in [2.45, 2.75) is 38.4 Å². The highest BCUT2D eigenvalue weighted by Gasteiger charge is 2.45. The van der Waals surface area contributed by atoms with E-state index >= 15 is 0 Å². The Labute approximate surface area is 175 Å². The second-order valence-electron chi connectivity index (χ2n) is 6.80. The van der Waals surface area contributed by atoms with E-state index in [1.54, 1.807) is 7.11 Å². The van der Waals surface area contributed by atoms with Gasteiger partial charge in [0.2, 0.25) is 0 Å². The normalized spacial score (nSPS) is 23.5. The summed E-state index contributed by atoms with van der Waals surface area (Å²) in [6, 6.07) is 10.4. The van der Waals surface area contributed by atoms with Crippen LogP contribution in [0.15, 0.2) is 41.5 Å². The van der Waals surface area contributed by atoms with Crippen molar-refractivity contribution in [2.24, 2.45) is 4.99 Å². The smallest absolute Gasteiger partial charge is 0.179 e. The highest BCUT2D eigenvalue weighted by Crippen LogP contribution is 2.50. The molecule has 2 aliphatic rings. The molecule has 0 radical (unpaired) electrons. The van der Waals surface area contributed by atoms with Gasteiger partial charge in [0.1, 0.15) is 6.04 Å². The molecular weight excluding hydrogens is 394 g/mol. The molecule has 1 fully saturated rings. The number of aliphatic imine (C=N–C) groups is 1. The van der Waals surface area contributed by atoms with Gasteiger partial charge in [-0.1, -0.05) is 36.4 Å². The lowest BCUT2D eigenvalue weighted by molar-refractivity contribution is 0.253. The number of hydrogen-bond donors (Lipinski definition) is 0. The summed E-state index contributed by atoms with van der Waals surface area (Å²) in [5, 5.41) is 1.65. The topological polar surface area (TPSA) is 47.0 Å². The van der Waals surface area contributed by atoms with Crippen molar-refractivity contribution >= 4 is 28.5 Å². The van der Waals surface area contributed by atoms with Crippen LogP contribution in [0, 0.1) is 0 Å². The summed E-state index contributed by atoms with van der Waals surface area (Å²) in [5.41, 5.74) is 2.04. The van der Waals surface area contributed by atoms with Crippen molar-refractivity contribution < 1.29 is 9.47 Å². The molecule has 3 heterocycles. The summed E-state index contributed by atoms with van der Waals surface area (Å²) in [4.78, 5) is 12.1. The predicted molar refractivity (Wildman–Crippen MR) is 115 cm³/mol. The van der Waals surface area contributed by atoms with Crippen LogP contribution in [-0.4, -0.2) is 40.6 Å². The van der Waals surface area contributed by atoms with Crippen LogP contribution in [0.5, 0.6) is 11.5 Å². The first kappa shape index (κ1) is 19.4. The Balaban J connectivity index is 1.82. The molecule has 1 saturated heterocycles. The number of amidine groups is 1. The minimum Gasteiger partial charge on any atom is -0.491 e. The number of ether oxygens (including phenoxy) is 2. The minimum absolute atomic E-state index is 0.0347. The largest absolute Gasteiger partial charge is 0.491 e. The molecule has 0 aliphatic carbocycles. The van der Waals surface area contributed by atoms with Crippen LogP contribution < -0.4 is 9.47 Å². The first-order chi connectivity index (χ1) is 13.7. The number of hydrogen-bond acceptors (Lipinski definition) is 6. The predicted octanol–water partition coefficient (Wildman–Crippen LogP) is 5.12. The number of fused-ring (bicyclic) bond motifs is 1. The number of aromatic nitrogens is 1. The Morgan fingerprint density at radius 2 is 2.14 bits per heavy atom. The third kappa shape index (κ3) is 3.33. The van der Waals surface area contributed by atoms with Crippen LogP contribution in [0.2, 0.25) is 5.02 Å². The number of halogens is 1. The quantitative estimate of drug-likeness (QED) is 0.652. The number of pyridine rings is 1. The van der Waals surface area contributed by atoms with Gasteiger partial charge in [-0.3, -0.25) is 9.98 Å². The van der Waals surface area contributed by atoms with Gasteiger partial charge >= 0.3 is 0 Å². The van der Waals surface area contributed by atoms with Gasteiger partial charge in [-0.05, 0) is 43.2 Å². The lowest BCUT2D eigenvalue weighted by Crippen LogP contribution is -2.35. The lowest BCUT2D eigenvalue weighted by Gasteiger charge is -2.32. The fourth-order valence-corrected chi connectivity index (χ4v) is 5.56. The van der Waals surface area contributed by atoms with Crippen LogP contribution in [-0.2, 0) is 0 Å². The molecule has 0 amide bonds.